The van der Waals surface area contributed by atoms with Crippen LogP contribution in [0.3, 0.4) is 0 Å². The van der Waals surface area contributed by atoms with Crippen molar-refractivity contribution < 1.29 is 4.90 Å². The van der Waals surface area contributed by atoms with E-state index in [1.165, 1.54) is 21.6 Å². The summed E-state index contributed by atoms with van der Waals surface area (Å²) in [5.41, 5.74) is 4.95. The molecule has 24 heavy (non-hydrogen) atoms. The number of hydrogen-bond acceptors (Lipinski definition) is 1. The Morgan fingerprint density at radius 1 is 1.04 bits per heavy atom. The Kier molecular flexibility index (Phi) is 6.76. The number of nitrogens with one attached hydrogen (secondary N) is 3. The fourth-order valence-corrected chi connectivity index (χ4v) is 2.79. The van der Waals surface area contributed by atoms with E-state index in [9.17, 15) is 0 Å². The third-order valence-corrected chi connectivity index (χ3v) is 4.66. The summed E-state index contributed by atoms with van der Waals surface area (Å²) >= 11 is 5.45. The van der Waals surface area contributed by atoms with Crippen molar-refractivity contribution >= 4 is 23.0 Å². The summed E-state index contributed by atoms with van der Waals surface area (Å²) < 4.78 is 0. The van der Waals surface area contributed by atoms with Crippen LogP contribution in [-0.2, 0) is 6.42 Å². The largest absolute Gasteiger partial charge is 0.356 e. The summed E-state index contributed by atoms with van der Waals surface area (Å²) in [6.45, 7) is 5.07. The number of likely N-dealkylation sites (N-methyl/N-ethyl adjacent to an activating group) is 1. The maximum Gasteiger partial charge on any atom is 0.170 e. The molecule has 0 aromatic heterocycles. The van der Waals surface area contributed by atoms with E-state index in [4.69, 9.17) is 12.2 Å². The summed E-state index contributed by atoms with van der Waals surface area (Å²) in [5, 5.41) is 7.32. The molecule has 0 saturated carbocycles. The molecule has 0 spiro atoms. The van der Waals surface area contributed by atoms with Crippen molar-refractivity contribution in [3.8, 4) is 0 Å². The van der Waals surface area contributed by atoms with E-state index in [0.717, 1.165) is 18.7 Å². The van der Waals surface area contributed by atoms with Gasteiger partial charge >= 0.3 is 0 Å². The van der Waals surface area contributed by atoms with Gasteiger partial charge in [-0.25, -0.2) is 0 Å². The van der Waals surface area contributed by atoms with Crippen molar-refractivity contribution in [3.63, 3.8) is 0 Å². The zero-order valence-electron chi connectivity index (χ0n) is 15.0. The molecule has 2 aromatic rings. The third kappa shape index (κ3) is 5.62. The van der Waals surface area contributed by atoms with E-state index in [1.54, 1.807) is 0 Å². The lowest BCUT2D eigenvalue weighted by Gasteiger charge is -2.23. The Morgan fingerprint density at radius 2 is 1.75 bits per heavy atom. The predicted octanol–water partition coefficient (Wildman–Crippen LogP) is 2.35. The fourth-order valence-electron chi connectivity index (χ4n) is 2.59. The van der Waals surface area contributed by atoms with E-state index in [-0.39, 0.29) is 0 Å². The van der Waals surface area contributed by atoms with Crippen LogP contribution in [0.1, 0.15) is 16.7 Å². The average Bonchev–Trinajstić information content (AvgIpc) is 2.55. The van der Waals surface area contributed by atoms with Crippen LogP contribution in [-0.4, -0.2) is 31.8 Å². The molecule has 0 aliphatic heterocycles. The first-order valence-corrected chi connectivity index (χ1v) is 8.82. The average molecular weight is 343 g/mol. The van der Waals surface area contributed by atoms with Crippen LogP contribution in [0, 0.1) is 13.8 Å². The van der Waals surface area contributed by atoms with Gasteiger partial charge in [-0.05, 0) is 54.9 Å². The van der Waals surface area contributed by atoms with Crippen LogP contribution in [0.4, 0.5) is 5.69 Å². The number of hydrogen-bond donors (Lipinski definition) is 3. The van der Waals surface area contributed by atoms with Crippen molar-refractivity contribution in [1.82, 2.24) is 5.32 Å². The maximum atomic E-state index is 5.45. The molecule has 0 radical (unpaired) electrons. The van der Waals surface area contributed by atoms with Crippen LogP contribution >= 0.6 is 12.2 Å². The summed E-state index contributed by atoms with van der Waals surface area (Å²) in [7, 11) is 4.38. The molecule has 0 unspecified atom stereocenters. The first-order valence-electron chi connectivity index (χ1n) is 8.42. The van der Waals surface area contributed by atoms with E-state index >= 15 is 0 Å². The topological polar surface area (TPSA) is 28.5 Å². The Bertz CT molecular complexity index is 668. The standard InChI is InChI=1S/C20H27N3S/c1-15-10-11-18(12-16(15)2)22-20(24)21-14-19(23(3)4)13-17-8-6-5-7-9-17/h5-12,19H,13-14H2,1-4H3,(H2,21,22,24)/p+1/t19-/m1/s1. The van der Waals surface area contributed by atoms with Crippen molar-refractivity contribution in [1.29, 1.82) is 0 Å². The molecule has 3 nitrogen and oxygen atoms in total. The normalized spacial score (nSPS) is 12.0. The summed E-state index contributed by atoms with van der Waals surface area (Å²) in [5.74, 6) is 0. The van der Waals surface area contributed by atoms with Crippen molar-refractivity contribution in [2.24, 2.45) is 0 Å². The van der Waals surface area contributed by atoms with Crippen LogP contribution in [0.25, 0.3) is 0 Å². The highest BCUT2D eigenvalue weighted by molar-refractivity contribution is 7.80. The molecule has 0 saturated heterocycles. The van der Waals surface area contributed by atoms with E-state index in [0.29, 0.717) is 11.2 Å². The predicted molar refractivity (Wildman–Crippen MR) is 107 cm³/mol. The van der Waals surface area contributed by atoms with Crippen LogP contribution in [0.5, 0.6) is 0 Å². The molecule has 0 aliphatic rings. The van der Waals surface area contributed by atoms with E-state index in [2.05, 4.69) is 87.1 Å². The van der Waals surface area contributed by atoms with Gasteiger partial charge in [0.1, 0.15) is 6.04 Å². The van der Waals surface area contributed by atoms with Gasteiger partial charge in [-0.3, -0.25) is 0 Å². The molecule has 1 atom stereocenters. The Balaban J connectivity index is 1.89. The Labute approximate surface area is 151 Å². The zero-order chi connectivity index (χ0) is 17.5. The van der Waals surface area contributed by atoms with Crippen molar-refractivity contribution in [3.05, 3.63) is 65.2 Å². The highest BCUT2D eigenvalue weighted by Crippen LogP contribution is 2.13. The fraction of sp³-hybridized carbons (Fsp3) is 0.350. The van der Waals surface area contributed by atoms with Gasteiger partial charge in [0.15, 0.2) is 5.11 Å². The van der Waals surface area contributed by atoms with E-state index < -0.39 is 0 Å². The van der Waals surface area contributed by atoms with Gasteiger partial charge in [0.2, 0.25) is 0 Å². The molecule has 0 amide bonds. The monoisotopic (exact) mass is 342 g/mol. The molecule has 2 aromatic carbocycles. The summed E-state index contributed by atoms with van der Waals surface area (Å²) in [6.07, 6.45) is 1.03. The number of aryl methyl sites for hydroxylation is 2. The van der Waals surface area contributed by atoms with Gasteiger partial charge in [-0.15, -0.1) is 0 Å². The van der Waals surface area contributed by atoms with Crippen molar-refractivity contribution in [2.75, 3.05) is 26.0 Å². The van der Waals surface area contributed by atoms with Crippen molar-refractivity contribution in [2.45, 2.75) is 26.3 Å². The SMILES string of the molecule is Cc1ccc(NC(=S)NC[C@@H](Cc2ccccc2)[NH+](C)C)cc1C. The van der Waals surface area contributed by atoms with Crippen LogP contribution in [0.2, 0.25) is 0 Å². The highest BCUT2D eigenvalue weighted by atomic mass is 32.1. The number of benzene rings is 2. The molecule has 128 valence electrons. The minimum atomic E-state index is 0.465. The van der Waals surface area contributed by atoms with Crippen LogP contribution in [0.15, 0.2) is 48.5 Å². The first-order chi connectivity index (χ1) is 11.5. The molecule has 2 rings (SSSR count). The van der Waals surface area contributed by atoms with Gasteiger partial charge in [-0.2, -0.15) is 0 Å². The third-order valence-electron chi connectivity index (χ3n) is 4.42. The number of rotatable bonds is 6. The Morgan fingerprint density at radius 3 is 2.38 bits per heavy atom. The summed E-state index contributed by atoms with van der Waals surface area (Å²) in [6, 6.07) is 17.4. The molecular formula is C20H28N3S+. The second-order valence-electron chi connectivity index (χ2n) is 6.60. The van der Waals surface area contributed by atoms with Crippen LogP contribution < -0.4 is 15.5 Å². The second-order valence-corrected chi connectivity index (χ2v) is 7.01. The molecule has 0 fully saturated rings. The smallest absolute Gasteiger partial charge is 0.170 e. The second kappa shape index (κ2) is 8.81. The molecule has 3 N–H and O–H groups in total. The molecule has 4 heteroatoms. The molecule has 0 heterocycles. The highest BCUT2D eigenvalue weighted by Gasteiger charge is 2.16. The number of quaternary nitrogens is 1. The Hall–Kier alpha value is -1.91. The van der Waals surface area contributed by atoms with Gasteiger partial charge in [-0.1, -0.05) is 36.4 Å². The minimum absolute atomic E-state index is 0.465. The van der Waals surface area contributed by atoms with Gasteiger partial charge in [0.05, 0.1) is 20.6 Å². The number of thiocarbonyl (C=S) groups is 1. The lowest BCUT2D eigenvalue weighted by molar-refractivity contribution is -0.884. The van der Waals surface area contributed by atoms with Gasteiger partial charge in [0, 0.05) is 12.1 Å². The van der Waals surface area contributed by atoms with Gasteiger partial charge in [0.25, 0.3) is 0 Å². The zero-order valence-corrected chi connectivity index (χ0v) is 15.8. The minimum Gasteiger partial charge on any atom is -0.356 e. The lowest BCUT2D eigenvalue weighted by atomic mass is 10.1. The molecular weight excluding hydrogens is 314 g/mol. The van der Waals surface area contributed by atoms with E-state index in [1.807, 2.05) is 0 Å². The number of anilines is 1. The maximum absolute atomic E-state index is 5.45. The molecule has 0 bridgehead atoms. The summed E-state index contributed by atoms with van der Waals surface area (Å²) in [4.78, 5) is 1.42. The first kappa shape index (κ1) is 18.4. The molecule has 0 aliphatic carbocycles. The van der Waals surface area contributed by atoms with Gasteiger partial charge < -0.3 is 15.5 Å². The quantitative estimate of drug-likeness (QED) is 0.704. The lowest BCUT2D eigenvalue weighted by Crippen LogP contribution is -3.11.